The second-order valence-electron chi connectivity index (χ2n) is 11.3. The molecule has 0 saturated carbocycles. The van der Waals surface area contributed by atoms with Gasteiger partial charge < -0.3 is 19.6 Å². The maximum absolute atomic E-state index is 12.2. The Kier molecular flexibility index (Phi) is 22.8. The molecule has 1 atom stereocenters. The molecule has 1 unspecified atom stereocenters. The Morgan fingerprint density at radius 2 is 1.14 bits per heavy atom. The van der Waals surface area contributed by atoms with Crippen molar-refractivity contribution >= 4 is 13.9 Å². The molecule has 0 aromatic heterocycles. The summed E-state index contributed by atoms with van der Waals surface area (Å²) in [6, 6.07) is -0.118. The fourth-order valence-corrected chi connectivity index (χ4v) is 4.97. The number of carbonyl (C=O) groups is 1. The molecule has 0 heterocycles. The van der Waals surface area contributed by atoms with E-state index in [1.807, 2.05) is 21.1 Å². The fourth-order valence-electron chi connectivity index (χ4n) is 4.23. The molecule has 0 rings (SSSR count). The smallest absolute Gasteiger partial charge is 0.341 e. The molecule has 0 aliphatic carbocycles. The molecule has 0 aromatic rings. The zero-order valence-corrected chi connectivity index (χ0v) is 25.9. The van der Waals surface area contributed by atoms with Gasteiger partial charge in [0.25, 0.3) is 0 Å². The average Bonchev–Trinajstić information content (AvgIpc) is 2.83. The van der Waals surface area contributed by atoms with E-state index in [9.17, 15) is 14.3 Å². The molecular formula is C28H61N3O5P+. The van der Waals surface area contributed by atoms with E-state index in [1.165, 1.54) is 89.9 Å². The number of unbranched alkanes of at least 4 members (excludes halogenated alkanes) is 15. The largest absolute Gasteiger partial charge is 0.472 e. The normalized spacial score (nSPS) is 13.5. The highest BCUT2D eigenvalue weighted by atomic mass is 31.2. The van der Waals surface area contributed by atoms with Gasteiger partial charge in [0.1, 0.15) is 13.2 Å². The molecule has 0 aliphatic rings. The first kappa shape index (κ1) is 36.3. The molecule has 0 aliphatic heterocycles. The zero-order valence-electron chi connectivity index (χ0n) is 25.0. The van der Waals surface area contributed by atoms with Gasteiger partial charge in [-0.3, -0.25) is 9.05 Å². The summed E-state index contributed by atoms with van der Waals surface area (Å²) in [4.78, 5) is 23.7. The van der Waals surface area contributed by atoms with Crippen LogP contribution in [0.2, 0.25) is 0 Å². The van der Waals surface area contributed by atoms with Gasteiger partial charge in [-0.05, 0) is 12.8 Å². The third-order valence-corrected chi connectivity index (χ3v) is 7.64. The van der Waals surface area contributed by atoms with E-state index in [4.69, 9.17) is 9.05 Å². The van der Waals surface area contributed by atoms with Gasteiger partial charge in [0.2, 0.25) is 0 Å². The number of carbonyl (C=O) groups excluding carboxylic acids is 1. The van der Waals surface area contributed by atoms with Gasteiger partial charge >= 0.3 is 13.9 Å². The highest BCUT2D eigenvalue weighted by Gasteiger charge is 2.22. The Balaban J connectivity index is 3.76. The van der Waals surface area contributed by atoms with Gasteiger partial charge in [-0.1, -0.05) is 103 Å². The molecule has 0 radical (unpaired) electrons. The molecule has 0 fully saturated rings. The van der Waals surface area contributed by atoms with Gasteiger partial charge in [0, 0.05) is 20.1 Å². The van der Waals surface area contributed by atoms with Gasteiger partial charge in [0.15, 0.2) is 0 Å². The van der Waals surface area contributed by atoms with Crippen molar-refractivity contribution in [2.75, 3.05) is 61.0 Å². The van der Waals surface area contributed by atoms with E-state index >= 15 is 0 Å². The second kappa shape index (κ2) is 23.2. The minimum atomic E-state index is -4.05. The second-order valence-corrected chi connectivity index (χ2v) is 12.8. The van der Waals surface area contributed by atoms with Crippen molar-refractivity contribution in [2.45, 2.75) is 116 Å². The summed E-state index contributed by atoms with van der Waals surface area (Å²) in [6.07, 6.45) is 21.6. The van der Waals surface area contributed by atoms with Crippen molar-refractivity contribution in [3.05, 3.63) is 0 Å². The maximum Gasteiger partial charge on any atom is 0.472 e. The monoisotopic (exact) mass is 550 g/mol. The lowest BCUT2D eigenvalue weighted by atomic mass is 10.0. The fraction of sp³-hybridized carbons (Fsp3) is 0.964. The quantitative estimate of drug-likeness (QED) is 0.0680. The number of phosphoric acid groups is 1. The summed E-state index contributed by atoms with van der Waals surface area (Å²) < 4.78 is 22.7. The number of nitrogens with one attached hydrogen (secondary N) is 1. The van der Waals surface area contributed by atoms with Crippen LogP contribution in [0.25, 0.3) is 0 Å². The number of amides is 2. The van der Waals surface area contributed by atoms with E-state index in [0.29, 0.717) is 30.5 Å². The van der Waals surface area contributed by atoms with E-state index in [0.717, 1.165) is 12.8 Å². The van der Waals surface area contributed by atoms with Crippen molar-refractivity contribution in [3.8, 4) is 0 Å². The molecule has 2 amide bonds. The standard InChI is InChI=1S/C28H60N3O5P/c1-6-7-8-9-10-11-12-13-14-15-16-17-18-19-20-21-23-30(28(32)29-2)24-22-26-35-37(33,34)36-27-25-31(3,4)5/h6-27H2,1-5H3,(H-,29,32,33,34)/p+1. The van der Waals surface area contributed by atoms with Crippen molar-refractivity contribution in [2.24, 2.45) is 0 Å². The Bertz CT molecular complexity index is 587. The molecule has 222 valence electrons. The van der Waals surface area contributed by atoms with Crippen molar-refractivity contribution < 1.29 is 27.8 Å². The number of likely N-dealkylation sites (N-methyl/N-ethyl adjacent to an activating group) is 1. The number of phosphoric ester groups is 1. The lowest BCUT2D eigenvalue weighted by Gasteiger charge is -2.24. The average molecular weight is 551 g/mol. The van der Waals surface area contributed by atoms with Crippen LogP contribution in [-0.2, 0) is 13.6 Å². The van der Waals surface area contributed by atoms with Gasteiger partial charge in [-0.2, -0.15) is 0 Å². The number of rotatable bonds is 26. The highest BCUT2D eigenvalue weighted by Crippen LogP contribution is 2.43. The van der Waals surface area contributed by atoms with Crippen molar-refractivity contribution in [3.63, 3.8) is 0 Å². The van der Waals surface area contributed by atoms with Gasteiger partial charge in [-0.25, -0.2) is 9.36 Å². The van der Waals surface area contributed by atoms with Crippen LogP contribution in [0, 0.1) is 0 Å². The molecule has 0 saturated heterocycles. The van der Waals surface area contributed by atoms with Crippen LogP contribution in [0.1, 0.15) is 116 Å². The lowest BCUT2D eigenvalue weighted by Crippen LogP contribution is -2.39. The summed E-state index contributed by atoms with van der Waals surface area (Å²) in [6.45, 7) is 4.28. The van der Waals surface area contributed by atoms with Gasteiger partial charge in [-0.15, -0.1) is 0 Å². The predicted molar refractivity (Wildman–Crippen MR) is 155 cm³/mol. The molecule has 0 aromatic carbocycles. The van der Waals surface area contributed by atoms with E-state index < -0.39 is 7.82 Å². The highest BCUT2D eigenvalue weighted by molar-refractivity contribution is 7.47. The van der Waals surface area contributed by atoms with E-state index in [-0.39, 0.29) is 19.2 Å². The van der Waals surface area contributed by atoms with E-state index in [1.54, 1.807) is 11.9 Å². The van der Waals surface area contributed by atoms with Crippen molar-refractivity contribution in [1.29, 1.82) is 0 Å². The predicted octanol–water partition coefficient (Wildman–Crippen LogP) is 7.12. The minimum absolute atomic E-state index is 0.0740. The summed E-state index contributed by atoms with van der Waals surface area (Å²) in [5.41, 5.74) is 0. The third-order valence-electron chi connectivity index (χ3n) is 6.63. The number of hydrogen-bond acceptors (Lipinski definition) is 4. The number of hydrogen-bond donors (Lipinski definition) is 2. The first-order chi connectivity index (χ1) is 17.6. The van der Waals surface area contributed by atoms with Crippen LogP contribution in [-0.4, -0.2) is 81.3 Å². The maximum atomic E-state index is 12.2. The molecule has 9 heteroatoms. The van der Waals surface area contributed by atoms with Crippen LogP contribution in [0.15, 0.2) is 0 Å². The summed E-state index contributed by atoms with van der Waals surface area (Å²) >= 11 is 0. The minimum Gasteiger partial charge on any atom is -0.341 e. The molecule has 37 heavy (non-hydrogen) atoms. The number of quaternary nitrogens is 1. The summed E-state index contributed by atoms with van der Waals surface area (Å²) in [5, 5.41) is 2.68. The Hall–Kier alpha value is -0.660. The molecule has 0 bridgehead atoms. The molecule has 2 N–H and O–H groups in total. The van der Waals surface area contributed by atoms with Crippen LogP contribution >= 0.6 is 7.82 Å². The first-order valence-electron chi connectivity index (χ1n) is 15.0. The number of nitrogens with zero attached hydrogens (tertiary/aromatic N) is 2. The van der Waals surface area contributed by atoms with Crippen LogP contribution in [0.4, 0.5) is 4.79 Å². The van der Waals surface area contributed by atoms with Crippen LogP contribution in [0.3, 0.4) is 0 Å². The molecular weight excluding hydrogens is 489 g/mol. The molecule has 8 nitrogen and oxygen atoms in total. The third kappa shape index (κ3) is 25.4. The summed E-state index contributed by atoms with van der Waals surface area (Å²) in [5.74, 6) is 0. The first-order valence-corrected chi connectivity index (χ1v) is 16.5. The van der Waals surface area contributed by atoms with Gasteiger partial charge in [0.05, 0.1) is 27.7 Å². The number of urea groups is 1. The van der Waals surface area contributed by atoms with Crippen LogP contribution < -0.4 is 5.32 Å². The topological polar surface area (TPSA) is 88.1 Å². The Morgan fingerprint density at radius 3 is 1.57 bits per heavy atom. The molecule has 0 spiro atoms. The summed E-state index contributed by atoms with van der Waals surface area (Å²) in [7, 11) is 3.53. The zero-order chi connectivity index (χ0) is 27.8. The Labute approximate surface area is 229 Å². The van der Waals surface area contributed by atoms with E-state index in [2.05, 4.69) is 12.2 Å². The SMILES string of the molecule is CCCCCCCCCCCCCCCCCCN(CCCOP(=O)(O)OCC[N+](C)(C)C)C(=O)NC. The Morgan fingerprint density at radius 1 is 0.730 bits per heavy atom. The lowest BCUT2D eigenvalue weighted by molar-refractivity contribution is -0.870. The van der Waals surface area contributed by atoms with Crippen molar-refractivity contribution in [1.82, 2.24) is 10.2 Å². The van der Waals surface area contributed by atoms with Crippen LogP contribution in [0.5, 0.6) is 0 Å².